The van der Waals surface area contributed by atoms with Crippen LogP contribution in [0.25, 0.3) is 0 Å². The molecule has 7 nitrogen and oxygen atoms in total. The van der Waals surface area contributed by atoms with E-state index in [2.05, 4.69) is 20.5 Å². The van der Waals surface area contributed by atoms with Gasteiger partial charge < -0.3 is 29.8 Å². The van der Waals surface area contributed by atoms with Crippen molar-refractivity contribution in [1.29, 1.82) is 0 Å². The van der Waals surface area contributed by atoms with Crippen molar-refractivity contribution in [3.8, 4) is 0 Å². The van der Waals surface area contributed by atoms with Gasteiger partial charge in [0.25, 0.3) is 0 Å². The first-order valence-electron chi connectivity index (χ1n) is 9.07. The summed E-state index contributed by atoms with van der Waals surface area (Å²) in [5.41, 5.74) is -1.12. The van der Waals surface area contributed by atoms with Gasteiger partial charge in [-0.2, -0.15) is 0 Å². The predicted molar refractivity (Wildman–Crippen MR) is 114 cm³/mol. The number of aliphatic imine (C=N–C) groups is 1. The number of nitrogens with zero attached hydrogens (tertiary/aromatic N) is 2. The lowest BCUT2D eigenvalue weighted by Gasteiger charge is -2.33. The summed E-state index contributed by atoms with van der Waals surface area (Å²) >= 11 is 0. The third-order valence-corrected chi connectivity index (χ3v) is 4.48. The summed E-state index contributed by atoms with van der Waals surface area (Å²) in [7, 11) is 1.74. The first kappa shape index (κ1) is 23.2. The molecule has 1 aromatic heterocycles. The number of aliphatic hydroxyl groups is 1. The molecule has 2 rings (SSSR count). The Labute approximate surface area is 173 Å². The molecule has 0 saturated carbocycles. The molecule has 0 spiro atoms. The quantitative estimate of drug-likeness (QED) is 0.299. The molecule has 2 heterocycles. The van der Waals surface area contributed by atoms with E-state index in [1.165, 1.54) is 0 Å². The maximum absolute atomic E-state index is 10.5. The molecule has 1 aliphatic heterocycles. The third kappa shape index (κ3) is 7.42. The average molecular weight is 480 g/mol. The number of rotatable bonds is 8. The standard InChI is InChI=1S/C18H32N4O3.HI/c1-4-19-17(20-14-18(2,23)16-6-5-12-25-16)21-15-7-9-22(10-8-15)11-13-24-3;/h5-6,12,15,23H,4,7-11,13-14H2,1-3H3,(H2,19,20,21);1H. The lowest BCUT2D eigenvalue weighted by Crippen LogP contribution is -2.49. The van der Waals surface area contributed by atoms with Gasteiger partial charge >= 0.3 is 0 Å². The topological polar surface area (TPSA) is 82.3 Å². The van der Waals surface area contributed by atoms with Gasteiger partial charge in [0.05, 0.1) is 19.4 Å². The SMILES string of the molecule is CCNC(=NCC(C)(O)c1ccco1)NC1CCN(CCOC)CC1.I. The van der Waals surface area contributed by atoms with E-state index < -0.39 is 5.60 Å². The van der Waals surface area contributed by atoms with E-state index in [9.17, 15) is 5.11 Å². The Morgan fingerprint density at radius 2 is 2.19 bits per heavy atom. The molecule has 0 radical (unpaired) electrons. The van der Waals surface area contributed by atoms with E-state index in [0.717, 1.165) is 51.6 Å². The normalized spacial score (nSPS) is 18.8. The van der Waals surface area contributed by atoms with Crippen molar-refractivity contribution < 1.29 is 14.3 Å². The van der Waals surface area contributed by atoms with Crippen LogP contribution in [0, 0.1) is 0 Å². The molecule has 0 aliphatic carbocycles. The van der Waals surface area contributed by atoms with E-state index >= 15 is 0 Å². The molecule has 8 heteroatoms. The van der Waals surface area contributed by atoms with Crippen molar-refractivity contribution >= 4 is 29.9 Å². The summed E-state index contributed by atoms with van der Waals surface area (Å²) in [4.78, 5) is 6.98. The van der Waals surface area contributed by atoms with Gasteiger partial charge in [-0.1, -0.05) is 0 Å². The number of hydrogen-bond acceptors (Lipinski definition) is 5. The minimum atomic E-state index is -1.12. The van der Waals surface area contributed by atoms with Gasteiger partial charge in [-0.05, 0) is 38.8 Å². The van der Waals surface area contributed by atoms with Crippen molar-refractivity contribution in [2.75, 3.05) is 46.4 Å². The fraction of sp³-hybridized carbons (Fsp3) is 0.722. The Hall–Kier alpha value is -0.840. The summed E-state index contributed by atoms with van der Waals surface area (Å²) in [6.07, 6.45) is 3.71. The van der Waals surface area contributed by atoms with Crippen LogP contribution in [0.2, 0.25) is 0 Å². The summed E-state index contributed by atoms with van der Waals surface area (Å²) < 4.78 is 10.5. The van der Waals surface area contributed by atoms with Crippen LogP contribution in [0.15, 0.2) is 27.8 Å². The van der Waals surface area contributed by atoms with Gasteiger partial charge in [-0.25, -0.2) is 4.99 Å². The molecule has 1 aromatic rings. The molecule has 1 unspecified atom stereocenters. The summed E-state index contributed by atoms with van der Waals surface area (Å²) in [5.74, 6) is 1.27. The molecule has 0 bridgehead atoms. The zero-order valence-corrected chi connectivity index (χ0v) is 18.4. The fourth-order valence-corrected chi connectivity index (χ4v) is 2.93. The number of piperidine rings is 1. The first-order valence-corrected chi connectivity index (χ1v) is 9.07. The predicted octanol–water partition coefficient (Wildman–Crippen LogP) is 1.77. The number of furan rings is 1. The Balaban J connectivity index is 0.00000338. The molecule has 0 aromatic carbocycles. The molecule has 1 fully saturated rings. The van der Waals surface area contributed by atoms with Crippen molar-refractivity contribution in [2.45, 2.75) is 38.3 Å². The molecular formula is C18H33IN4O3. The van der Waals surface area contributed by atoms with E-state index in [1.807, 2.05) is 6.92 Å². The van der Waals surface area contributed by atoms with E-state index in [1.54, 1.807) is 32.4 Å². The molecule has 26 heavy (non-hydrogen) atoms. The number of likely N-dealkylation sites (tertiary alicyclic amines) is 1. The number of guanidine groups is 1. The molecular weight excluding hydrogens is 447 g/mol. The van der Waals surface area contributed by atoms with Crippen molar-refractivity contribution in [1.82, 2.24) is 15.5 Å². The molecule has 1 saturated heterocycles. The Morgan fingerprint density at radius 1 is 1.46 bits per heavy atom. The highest BCUT2D eigenvalue weighted by atomic mass is 127. The lowest BCUT2D eigenvalue weighted by atomic mass is 10.0. The second-order valence-electron chi connectivity index (χ2n) is 6.70. The zero-order chi connectivity index (χ0) is 18.1. The van der Waals surface area contributed by atoms with Gasteiger partial charge in [-0.15, -0.1) is 24.0 Å². The highest BCUT2D eigenvalue weighted by Crippen LogP contribution is 2.21. The third-order valence-electron chi connectivity index (χ3n) is 4.48. The van der Waals surface area contributed by atoms with Crippen molar-refractivity contribution in [2.24, 2.45) is 4.99 Å². The average Bonchev–Trinajstić information content (AvgIpc) is 3.15. The van der Waals surface area contributed by atoms with Crippen LogP contribution >= 0.6 is 24.0 Å². The van der Waals surface area contributed by atoms with Crippen LogP contribution < -0.4 is 10.6 Å². The van der Waals surface area contributed by atoms with Crippen molar-refractivity contribution in [3.05, 3.63) is 24.2 Å². The lowest BCUT2D eigenvalue weighted by molar-refractivity contribution is 0.0436. The summed E-state index contributed by atoms with van der Waals surface area (Å²) in [6.45, 7) is 8.66. The second kappa shape index (κ2) is 11.8. The molecule has 1 aliphatic rings. The first-order chi connectivity index (χ1) is 12.0. The second-order valence-corrected chi connectivity index (χ2v) is 6.70. The molecule has 1 atom stereocenters. The van der Waals surface area contributed by atoms with Crippen LogP contribution in [-0.4, -0.2) is 68.4 Å². The van der Waals surface area contributed by atoms with Crippen LogP contribution in [-0.2, 0) is 10.3 Å². The number of methoxy groups -OCH3 is 1. The Kier molecular flexibility index (Phi) is 10.5. The molecule has 150 valence electrons. The zero-order valence-electron chi connectivity index (χ0n) is 16.0. The van der Waals surface area contributed by atoms with Crippen LogP contribution in [0.5, 0.6) is 0 Å². The smallest absolute Gasteiger partial charge is 0.191 e. The number of hydrogen-bond donors (Lipinski definition) is 3. The highest BCUT2D eigenvalue weighted by molar-refractivity contribution is 14.0. The van der Waals surface area contributed by atoms with Crippen molar-refractivity contribution in [3.63, 3.8) is 0 Å². The highest BCUT2D eigenvalue weighted by Gasteiger charge is 2.26. The monoisotopic (exact) mass is 480 g/mol. The van der Waals surface area contributed by atoms with E-state index in [0.29, 0.717) is 11.8 Å². The van der Waals surface area contributed by atoms with Gasteiger partial charge in [0.15, 0.2) is 5.96 Å². The minimum Gasteiger partial charge on any atom is -0.466 e. The Morgan fingerprint density at radius 3 is 2.77 bits per heavy atom. The fourth-order valence-electron chi connectivity index (χ4n) is 2.93. The van der Waals surface area contributed by atoms with Crippen LogP contribution in [0.3, 0.4) is 0 Å². The number of ether oxygens (including phenoxy) is 1. The van der Waals surface area contributed by atoms with Gasteiger partial charge in [-0.3, -0.25) is 0 Å². The maximum Gasteiger partial charge on any atom is 0.191 e. The summed E-state index contributed by atoms with van der Waals surface area (Å²) in [6, 6.07) is 3.94. The number of nitrogens with one attached hydrogen (secondary N) is 2. The van der Waals surface area contributed by atoms with Gasteiger partial charge in [0.1, 0.15) is 11.4 Å². The molecule has 3 N–H and O–H groups in total. The van der Waals surface area contributed by atoms with Gasteiger partial charge in [0.2, 0.25) is 0 Å². The Bertz CT molecular complexity index is 515. The van der Waals surface area contributed by atoms with Crippen LogP contribution in [0.1, 0.15) is 32.4 Å². The summed E-state index contributed by atoms with van der Waals surface area (Å²) in [5, 5.41) is 17.3. The van der Waals surface area contributed by atoms with E-state index in [4.69, 9.17) is 9.15 Å². The minimum absolute atomic E-state index is 0. The maximum atomic E-state index is 10.5. The van der Waals surface area contributed by atoms with Crippen LogP contribution in [0.4, 0.5) is 0 Å². The number of halogens is 1. The van der Waals surface area contributed by atoms with Gasteiger partial charge in [0, 0.05) is 39.3 Å². The molecule has 0 amide bonds. The largest absolute Gasteiger partial charge is 0.466 e. The van der Waals surface area contributed by atoms with E-state index in [-0.39, 0.29) is 30.5 Å².